The van der Waals surface area contributed by atoms with Crippen LogP contribution in [0.5, 0.6) is 0 Å². The van der Waals surface area contributed by atoms with Crippen molar-refractivity contribution >= 4 is 11.1 Å². The summed E-state index contributed by atoms with van der Waals surface area (Å²) in [5, 5.41) is 9.67. The third-order valence-electron chi connectivity index (χ3n) is 3.51. The van der Waals surface area contributed by atoms with Crippen LogP contribution in [0.1, 0.15) is 46.5 Å². The van der Waals surface area contributed by atoms with Crippen molar-refractivity contribution in [3.05, 3.63) is 35.0 Å². The van der Waals surface area contributed by atoms with Crippen LogP contribution >= 0.6 is 0 Å². The summed E-state index contributed by atoms with van der Waals surface area (Å²) in [6, 6.07) is 2.10. The molecule has 122 valence electrons. The van der Waals surface area contributed by atoms with Gasteiger partial charge in [0.1, 0.15) is 22.2 Å². The molecule has 0 aromatic heterocycles. The third-order valence-corrected chi connectivity index (χ3v) is 4.61. The highest BCUT2D eigenvalue weighted by molar-refractivity contribution is 7.86. The van der Waals surface area contributed by atoms with Gasteiger partial charge in [0.25, 0.3) is 0 Å². The average molecular weight is 323 g/mol. The zero-order valence-electron chi connectivity index (χ0n) is 13.8. The van der Waals surface area contributed by atoms with E-state index in [1.807, 2.05) is 4.90 Å². The lowest BCUT2D eigenvalue weighted by Crippen LogP contribution is -2.28. The molecule has 0 fully saturated rings. The van der Waals surface area contributed by atoms with Crippen LogP contribution in [0.15, 0.2) is 39.4 Å². The minimum Gasteiger partial charge on any atom is -0.362 e. The summed E-state index contributed by atoms with van der Waals surface area (Å²) in [4.78, 5) is 2.00. The predicted octanol–water partition coefficient (Wildman–Crippen LogP) is 5.03. The molecule has 0 saturated carbocycles. The third kappa shape index (κ3) is 5.76. The van der Waals surface area contributed by atoms with E-state index >= 15 is 0 Å². The first-order valence-electron chi connectivity index (χ1n) is 7.81. The molecule has 0 aromatic carbocycles. The van der Waals surface area contributed by atoms with Crippen molar-refractivity contribution in [1.29, 1.82) is 5.26 Å². The zero-order chi connectivity index (χ0) is 16.5. The van der Waals surface area contributed by atoms with Gasteiger partial charge in [-0.25, -0.2) is 0 Å². The van der Waals surface area contributed by atoms with Crippen molar-refractivity contribution in [2.45, 2.75) is 46.5 Å². The van der Waals surface area contributed by atoms with Crippen molar-refractivity contribution < 1.29 is 3.89 Å². The van der Waals surface area contributed by atoms with Crippen LogP contribution in [0.25, 0.3) is 0 Å². The van der Waals surface area contributed by atoms with Crippen molar-refractivity contribution in [3.63, 3.8) is 0 Å². The molecule has 0 aliphatic carbocycles. The number of rotatable bonds is 9. The van der Waals surface area contributed by atoms with Crippen molar-refractivity contribution in [1.82, 2.24) is 4.90 Å². The number of nitrogens with zero attached hydrogens (tertiary/aromatic N) is 3. The molecule has 0 spiro atoms. The molecule has 0 saturated heterocycles. The maximum absolute atomic E-state index is 14.2. The Labute approximate surface area is 136 Å². The predicted molar refractivity (Wildman–Crippen MR) is 92.4 cm³/mol. The van der Waals surface area contributed by atoms with E-state index in [2.05, 4.69) is 37.8 Å². The highest BCUT2D eigenvalue weighted by atomic mass is 32.2. The average Bonchev–Trinajstić information content (AvgIpc) is 2.45. The number of hydrogen-bond donors (Lipinski definition) is 0. The van der Waals surface area contributed by atoms with Gasteiger partial charge in [-0.1, -0.05) is 19.4 Å². The highest BCUT2D eigenvalue weighted by Crippen LogP contribution is 2.24. The summed E-state index contributed by atoms with van der Waals surface area (Å²) in [6.45, 7) is 11.8. The molecule has 2 atom stereocenters. The van der Waals surface area contributed by atoms with Crippen molar-refractivity contribution in [2.75, 3.05) is 13.1 Å². The fraction of sp³-hybridized carbons (Fsp3) is 0.588. The SMILES string of the molecule is C=C(C)CC(C)CCCN(CCC)C1=C(C#N)C=CN=S1F. The second-order valence-electron chi connectivity index (χ2n) is 5.88. The van der Waals surface area contributed by atoms with E-state index in [-0.39, 0.29) is 0 Å². The first-order chi connectivity index (χ1) is 10.5. The van der Waals surface area contributed by atoms with E-state index in [1.54, 1.807) is 6.08 Å². The van der Waals surface area contributed by atoms with Crippen molar-refractivity contribution in [3.8, 4) is 6.07 Å². The molecule has 2 unspecified atom stereocenters. The molecule has 0 N–H and O–H groups in total. The number of nitriles is 1. The van der Waals surface area contributed by atoms with Gasteiger partial charge < -0.3 is 4.90 Å². The lowest BCUT2D eigenvalue weighted by atomic mass is 9.98. The van der Waals surface area contributed by atoms with E-state index in [1.165, 1.54) is 11.8 Å². The van der Waals surface area contributed by atoms with Gasteiger partial charge in [-0.2, -0.15) is 9.62 Å². The van der Waals surface area contributed by atoms with Gasteiger partial charge >= 0.3 is 0 Å². The van der Waals surface area contributed by atoms with Gasteiger partial charge in [-0.05, 0) is 44.6 Å². The Balaban J connectivity index is 2.72. The van der Waals surface area contributed by atoms with Gasteiger partial charge in [-0.3, -0.25) is 0 Å². The molecular formula is C17H26FN3S. The van der Waals surface area contributed by atoms with Crippen LogP contribution in [0.4, 0.5) is 3.89 Å². The van der Waals surface area contributed by atoms with Gasteiger partial charge in [-0.15, -0.1) is 10.5 Å². The fourth-order valence-electron chi connectivity index (χ4n) is 2.64. The summed E-state index contributed by atoms with van der Waals surface area (Å²) >= 11 is -1.71. The Morgan fingerprint density at radius 2 is 2.27 bits per heavy atom. The molecule has 1 aliphatic heterocycles. The molecule has 22 heavy (non-hydrogen) atoms. The molecular weight excluding hydrogens is 297 g/mol. The molecule has 0 aromatic rings. The standard InChI is InChI=1S/C17H26FN3S/c1-5-10-21(11-6-7-15(4)12-14(2)3)17-16(13-19)8-9-20-22(17)18/h8-9,15H,2,5-7,10-12H2,1,3-4H3. The second-order valence-corrected chi connectivity index (χ2v) is 6.96. The molecule has 0 radical (unpaired) electrons. The monoisotopic (exact) mass is 323 g/mol. The van der Waals surface area contributed by atoms with E-state index in [0.29, 0.717) is 16.5 Å². The van der Waals surface area contributed by atoms with Gasteiger partial charge in [0.15, 0.2) is 0 Å². The van der Waals surface area contributed by atoms with Crippen LogP contribution in [0.2, 0.25) is 0 Å². The van der Waals surface area contributed by atoms with Crippen LogP contribution in [-0.4, -0.2) is 18.0 Å². The molecule has 3 nitrogen and oxygen atoms in total. The maximum atomic E-state index is 14.2. The van der Waals surface area contributed by atoms with Gasteiger partial charge in [0.05, 0.1) is 5.57 Å². The molecule has 5 heteroatoms. The van der Waals surface area contributed by atoms with E-state index in [9.17, 15) is 9.15 Å². The molecule has 1 rings (SSSR count). The molecule has 0 amide bonds. The normalized spacial score (nSPS) is 18.6. The van der Waals surface area contributed by atoms with Gasteiger partial charge in [0.2, 0.25) is 0 Å². The summed E-state index contributed by atoms with van der Waals surface area (Å²) in [5.74, 6) is 0.588. The largest absolute Gasteiger partial charge is 0.362 e. The zero-order valence-corrected chi connectivity index (χ0v) is 14.6. The molecule has 1 aliphatic rings. The van der Waals surface area contributed by atoms with Crippen LogP contribution in [0, 0.1) is 17.2 Å². The fourth-order valence-corrected chi connectivity index (χ4v) is 3.60. The lowest BCUT2D eigenvalue weighted by Gasteiger charge is -2.27. The van der Waals surface area contributed by atoms with E-state index in [0.717, 1.165) is 38.8 Å². The second kappa shape index (κ2) is 9.58. The van der Waals surface area contributed by atoms with Crippen LogP contribution in [-0.2, 0) is 11.1 Å². The maximum Gasteiger partial charge on any atom is 0.133 e. The Morgan fingerprint density at radius 1 is 1.55 bits per heavy atom. The quantitative estimate of drug-likeness (QED) is 0.558. The minimum absolute atomic E-state index is 0.407. The summed E-state index contributed by atoms with van der Waals surface area (Å²) in [5.41, 5.74) is 1.61. The summed E-state index contributed by atoms with van der Waals surface area (Å²) in [6.07, 6.45) is 7.01. The summed E-state index contributed by atoms with van der Waals surface area (Å²) in [7, 11) is 0. The Bertz CT molecular complexity index is 529. The molecule has 1 heterocycles. The van der Waals surface area contributed by atoms with Crippen LogP contribution < -0.4 is 0 Å². The Hall–Kier alpha value is -1.41. The van der Waals surface area contributed by atoms with Crippen LogP contribution in [0.3, 0.4) is 0 Å². The first-order valence-corrected chi connectivity index (χ1v) is 8.89. The number of halogens is 1. The first kappa shape index (κ1) is 18.6. The van der Waals surface area contributed by atoms with Crippen molar-refractivity contribution in [2.24, 2.45) is 10.3 Å². The van der Waals surface area contributed by atoms with E-state index < -0.39 is 11.1 Å². The smallest absolute Gasteiger partial charge is 0.133 e. The van der Waals surface area contributed by atoms with E-state index in [4.69, 9.17) is 0 Å². The van der Waals surface area contributed by atoms with Gasteiger partial charge in [0, 0.05) is 19.3 Å². The summed E-state index contributed by atoms with van der Waals surface area (Å²) < 4.78 is 18.0. The highest BCUT2D eigenvalue weighted by Gasteiger charge is 2.20. The lowest BCUT2D eigenvalue weighted by molar-refractivity contribution is 0.339. The minimum atomic E-state index is -1.71. The Morgan fingerprint density at radius 3 is 2.86 bits per heavy atom. The Kier molecular flexibility index (Phi) is 8.11. The number of allylic oxidation sites excluding steroid dienone is 3. The number of hydrogen-bond acceptors (Lipinski definition) is 3. The topological polar surface area (TPSA) is 39.4 Å². The molecule has 0 bridgehead atoms.